The lowest BCUT2D eigenvalue weighted by molar-refractivity contribution is 0.0466. The van der Waals surface area contributed by atoms with Crippen LogP contribution in [0.2, 0.25) is 0 Å². The van der Waals surface area contributed by atoms with Crippen LogP contribution in [0, 0.1) is 5.82 Å². The van der Waals surface area contributed by atoms with Crippen molar-refractivity contribution in [3.63, 3.8) is 0 Å². The number of carbonyl (C=O) groups is 1. The van der Waals surface area contributed by atoms with Crippen molar-refractivity contribution in [3.05, 3.63) is 81.9 Å². The smallest absolute Gasteiger partial charge is 0.341 e. The lowest BCUT2D eigenvalue weighted by atomic mass is 10.1. The highest BCUT2D eigenvalue weighted by atomic mass is 19.1. The summed E-state index contributed by atoms with van der Waals surface area (Å²) in [5.41, 5.74) is 0.528. The van der Waals surface area contributed by atoms with Crippen molar-refractivity contribution in [1.29, 1.82) is 0 Å². The zero-order valence-electron chi connectivity index (χ0n) is 11.5. The number of fused-ring (bicyclic) bond motifs is 1. The van der Waals surface area contributed by atoms with Gasteiger partial charge in [-0.3, -0.25) is 4.79 Å². The Morgan fingerprint density at radius 2 is 1.82 bits per heavy atom. The van der Waals surface area contributed by atoms with E-state index in [0.29, 0.717) is 11.1 Å². The number of H-pyrrole nitrogens is 1. The molecule has 5 heteroatoms. The summed E-state index contributed by atoms with van der Waals surface area (Å²) in [7, 11) is 0. The van der Waals surface area contributed by atoms with Gasteiger partial charge < -0.3 is 9.72 Å². The number of benzene rings is 2. The molecule has 0 amide bonds. The number of rotatable bonds is 3. The summed E-state index contributed by atoms with van der Waals surface area (Å²) in [5, 5.41) is 0.832. The van der Waals surface area contributed by atoms with Crippen LogP contribution in [0.1, 0.15) is 15.9 Å². The number of nitrogens with one attached hydrogen (secondary N) is 1. The third-order valence-corrected chi connectivity index (χ3v) is 3.28. The predicted molar refractivity (Wildman–Crippen MR) is 80.1 cm³/mol. The Hall–Kier alpha value is -2.95. The number of aromatic nitrogens is 1. The molecular weight excluding hydrogens is 285 g/mol. The van der Waals surface area contributed by atoms with Crippen molar-refractivity contribution in [1.82, 2.24) is 4.98 Å². The van der Waals surface area contributed by atoms with Gasteiger partial charge in [-0.05, 0) is 29.7 Å². The Kier molecular flexibility index (Phi) is 3.70. The van der Waals surface area contributed by atoms with Gasteiger partial charge >= 0.3 is 5.97 Å². The highest BCUT2D eigenvalue weighted by Gasteiger charge is 2.13. The molecule has 2 aromatic carbocycles. The Labute approximate surface area is 125 Å². The number of pyridine rings is 1. The maximum absolute atomic E-state index is 13.5. The summed E-state index contributed by atoms with van der Waals surface area (Å²) in [6.07, 6.45) is 0. The van der Waals surface area contributed by atoms with E-state index >= 15 is 0 Å². The number of carbonyl (C=O) groups excluding carboxylic acids is 1. The molecule has 3 rings (SSSR count). The number of esters is 1. The van der Waals surface area contributed by atoms with Crippen LogP contribution < -0.4 is 5.56 Å². The normalized spacial score (nSPS) is 10.6. The van der Waals surface area contributed by atoms with Crippen LogP contribution in [0.4, 0.5) is 4.39 Å². The zero-order valence-corrected chi connectivity index (χ0v) is 11.5. The molecule has 1 N–H and O–H groups in total. The van der Waals surface area contributed by atoms with Gasteiger partial charge in [0.2, 0.25) is 0 Å². The molecule has 0 saturated heterocycles. The van der Waals surface area contributed by atoms with Crippen LogP contribution in [0.5, 0.6) is 0 Å². The quantitative estimate of drug-likeness (QED) is 0.756. The summed E-state index contributed by atoms with van der Waals surface area (Å²) < 4.78 is 18.5. The van der Waals surface area contributed by atoms with Gasteiger partial charge in [-0.15, -0.1) is 0 Å². The van der Waals surface area contributed by atoms with Crippen molar-refractivity contribution in [2.75, 3.05) is 0 Å². The van der Waals surface area contributed by atoms with Gasteiger partial charge in [0, 0.05) is 5.52 Å². The summed E-state index contributed by atoms with van der Waals surface area (Å²) in [5.74, 6) is -1.45. The molecule has 0 fully saturated rings. The minimum atomic E-state index is -0.800. The number of halogens is 1. The zero-order chi connectivity index (χ0) is 15.5. The number of para-hydroxylation sites is 1. The first kappa shape index (κ1) is 14.0. The number of hydrogen-bond acceptors (Lipinski definition) is 3. The fourth-order valence-corrected chi connectivity index (χ4v) is 2.15. The number of ether oxygens (including phenoxy) is 1. The Balaban J connectivity index is 1.82. The molecule has 0 atom stereocenters. The standard InChI is InChI=1S/C17H12FNO3/c18-14-7-3-2-6-13(14)17(21)22-10-12-9-11-5-1-4-8-15(11)19-16(12)20/h1-9H,10H2,(H,19,20). The van der Waals surface area contributed by atoms with Crippen molar-refractivity contribution in [2.45, 2.75) is 6.61 Å². The monoisotopic (exact) mass is 297 g/mol. The van der Waals surface area contributed by atoms with Gasteiger partial charge in [0.15, 0.2) is 0 Å². The van der Waals surface area contributed by atoms with E-state index in [2.05, 4.69) is 4.98 Å². The largest absolute Gasteiger partial charge is 0.457 e. The van der Waals surface area contributed by atoms with E-state index < -0.39 is 11.8 Å². The molecule has 0 aliphatic rings. The van der Waals surface area contributed by atoms with Gasteiger partial charge in [-0.2, -0.15) is 0 Å². The van der Waals surface area contributed by atoms with Crippen molar-refractivity contribution < 1.29 is 13.9 Å². The van der Waals surface area contributed by atoms with Gasteiger partial charge in [0.1, 0.15) is 12.4 Å². The predicted octanol–water partition coefficient (Wildman–Crippen LogP) is 3.02. The lowest BCUT2D eigenvalue weighted by Crippen LogP contribution is -2.16. The average Bonchev–Trinajstić information content (AvgIpc) is 2.53. The molecule has 0 aliphatic carbocycles. The fourth-order valence-electron chi connectivity index (χ4n) is 2.15. The molecule has 0 aliphatic heterocycles. The van der Waals surface area contributed by atoms with Crippen LogP contribution in [0.25, 0.3) is 10.9 Å². The topological polar surface area (TPSA) is 59.2 Å². The molecule has 4 nitrogen and oxygen atoms in total. The van der Waals surface area contributed by atoms with E-state index in [0.717, 1.165) is 5.39 Å². The molecule has 0 radical (unpaired) electrons. The molecule has 1 heterocycles. The molecule has 22 heavy (non-hydrogen) atoms. The molecule has 0 bridgehead atoms. The Morgan fingerprint density at radius 1 is 1.09 bits per heavy atom. The summed E-state index contributed by atoms with van der Waals surface area (Å²) in [6, 6.07) is 14.5. The molecule has 0 spiro atoms. The summed E-state index contributed by atoms with van der Waals surface area (Å²) >= 11 is 0. The van der Waals surface area contributed by atoms with E-state index in [1.807, 2.05) is 18.2 Å². The molecule has 1 aromatic heterocycles. The second-order valence-electron chi connectivity index (χ2n) is 4.77. The van der Waals surface area contributed by atoms with Gasteiger partial charge in [0.05, 0.1) is 11.1 Å². The minimum Gasteiger partial charge on any atom is -0.457 e. The molecular formula is C17H12FNO3. The van der Waals surface area contributed by atoms with Crippen molar-refractivity contribution in [3.8, 4) is 0 Å². The lowest BCUT2D eigenvalue weighted by Gasteiger charge is -2.06. The van der Waals surface area contributed by atoms with Crippen LogP contribution in [0.15, 0.2) is 59.4 Å². The first-order valence-corrected chi connectivity index (χ1v) is 6.68. The second-order valence-corrected chi connectivity index (χ2v) is 4.77. The summed E-state index contributed by atoms with van der Waals surface area (Å²) in [4.78, 5) is 26.5. The third-order valence-electron chi connectivity index (χ3n) is 3.28. The minimum absolute atomic E-state index is 0.153. The molecule has 110 valence electrons. The van der Waals surface area contributed by atoms with Gasteiger partial charge in [-0.1, -0.05) is 30.3 Å². The first-order chi connectivity index (χ1) is 10.6. The Bertz CT molecular complexity index is 902. The average molecular weight is 297 g/mol. The first-order valence-electron chi connectivity index (χ1n) is 6.68. The maximum atomic E-state index is 13.5. The maximum Gasteiger partial charge on any atom is 0.341 e. The van der Waals surface area contributed by atoms with Crippen LogP contribution in [0.3, 0.4) is 0 Å². The SMILES string of the molecule is O=C(OCc1cc2ccccc2[nH]c1=O)c1ccccc1F. The van der Waals surface area contributed by atoms with E-state index in [1.54, 1.807) is 18.2 Å². The van der Waals surface area contributed by atoms with Crippen molar-refractivity contribution in [2.24, 2.45) is 0 Å². The fraction of sp³-hybridized carbons (Fsp3) is 0.0588. The second kappa shape index (κ2) is 5.81. The highest BCUT2D eigenvalue weighted by molar-refractivity contribution is 5.89. The summed E-state index contributed by atoms with van der Waals surface area (Å²) in [6.45, 7) is -0.215. The van der Waals surface area contributed by atoms with Crippen LogP contribution in [-0.2, 0) is 11.3 Å². The van der Waals surface area contributed by atoms with Gasteiger partial charge in [-0.25, -0.2) is 9.18 Å². The molecule has 3 aromatic rings. The number of hydrogen-bond donors (Lipinski definition) is 1. The Morgan fingerprint density at radius 3 is 2.64 bits per heavy atom. The van der Waals surface area contributed by atoms with Crippen molar-refractivity contribution >= 4 is 16.9 Å². The third kappa shape index (κ3) is 2.74. The van der Waals surface area contributed by atoms with Gasteiger partial charge in [0.25, 0.3) is 5.56 Å². The molecule has 0 saturated carbocycles. The van der Waals surface area contributed by atoms with E-state index in [1.165, 1.54) is 18.2 Å². The highest BCUT2D eigenvalue weighted by Crippen LogP contribution is 2.12. The molecule has 0 unspecified atom stereocenters. The number of aromatic amines is 1. The van der Waals surface area contributed by atoms with Crippen LogP contribution in [-0.4, -0.2) is 11.0 Å². The van der Waals surface area contributed by atoms with Crippen LogP contribution >= 0.6 is 0 Å². The van der Waals surface area contributed by atoms with E-state index in [9.17, 15) is 14.0 Å². The van der Waals surface area contributed by atoms with E-state index in [-0.39, 0.29) is 17.7 Å². The van der Waals surface area contributed by atoms with E-state index in [4.69, 9.17) is 4.74 Å².